The van der Waals surface area contributed by atoms with Gasteiger partial charge < -0.3 is 5.11 Å². The number of carboxylic acids is 1. The fourth-order valence-corrected chi connectivity index (χ4v) is 2.66. The molecule has 1 aliphatic rings. The maximum Gasteiger partial charge on any atom is 0.354 e. The zero-order chi connectivity index (χ0) is 10.1. The van der Waals surface area contributed by atoms with Crippen LogP contribution in [0.2, 0.25) is 0 Å². The molecule has 2 heterocycles. The Bertz CT molecular complexity index is 373. The van der Waals surface area contributed by atoms with E-state index in [2.05, 4.69) is 5.10 Å². The molecule has 14 heavy (non-hydrogen) atoms. The zero-order valence-electron chi connectivity index (χ0n) is 7.99. The van der Waals surface area contributed by atoms with Crippen molar-refractivity contribution in [2.45, 2.75) is 25.6 Å². The van der Waals surface area contributed by atoms with Crippen molar-refractivity contribution in [1.82, 2.24) is 9.78 Å². The van der Waals surface area contributed by atoms with Gasteiger partial charge in [0.2, 0.25) is 0 Å². The lowest BCUT2D eigenvalue weighted by molar-refractivity contribution is 0.0682. The molecular formula is C9H12N2O2S. The van der Waals surface area contributed by atoms with Crippen LogP contribution in [-0.4, -0.2) is 26.6 Å². The molecule has 0 unspecified atom stereocenters. The molecule has 0 radical (unpaired) electrons. The van der Waals surface area contributed by atoms with Crippen molar-refractivity contribution in [2.24, 2.45) is 0 Å². The first kappa shape index (κ1) is 9.58. The topological polar surface area (TPSA) is 55.1 Å². The van der Waals surface area contributed by atoms with Gasteiger partial charge in [-0.2, -0.15) is 16.9 Å². The Morgan fingerprint density at radius 2 is 2.50 bits per heavy atom. The fraction of sp³-hybridized carbons (Fsp3) is 0.556. The molecule has 76 valence electrons. The normalized spacial score (nSPS) is 15.2. The minimum absolute atomic E-state index is 0.391. The van der Waals surface area contributed by atoms with Crippen LogP contribution in [0.5, 0.6) is 0 Å². The second kappa shape index (κ2) is 3.65. The lowest BCUT2D eigenvalue weighted by Gasteiger charge is -2.08. The number of hydrogen-bond donors (Lipinski definition) is 1. The first-order chi connectivity index (χ1) is 6.74. The molecule has 0 amide bonds. The first-order valence-corrected chi connectivity index (χ1v) is 5.79. The standard InChI is InChI=1S/C9H12N2O2S/c1-2-11-8(9(12)13)6-3-4-14-5-7(6)10-11/h2-5H2,1H3,(H,12,13). The number of hydrogen-bond acceptors (Lipinski definition) is 3. The molecule has 0 atom stereocenters. The third-order valence-electron chi connectivity index (χ3n) is 2.37. The molecule has 1 aromatic heterocycles. The van der Waals surface area contributed by atoms with Crippen LogP contribution in [0.25, 0.3) is 0 Å². The quantitative estimate of drug-likeness (QED) is 0.805. The van der Waals surface area contributed by atoms with Gasteiger partial charge in [-0.15, -0.1) is 0 Å². The minimum Gasteiger partial charge on any atom is -0.477 e. The Morgan fingerprint density at radius 1 is 1.71 bits per heavy atom. The van der Waals surface area contributed by atoms with Gasteiger partial charge in [0, 0.05) is 17.9 Å². The number of fused-ring (bicyclic) bond motifs is 1. The van der Waals surface area contributed by atoms with Gasteiger partial charge in [0.25, 0.3) is 0 Å². The summed E-state index contributed by atoms with van der Waals surface area (Å²) in [4.78, 5) is 11.0. The van der Waals surface area contributed by atoms with E-state index in [-0.39, 0.29) is 0 Å². The molecule has 1 N–H and O–H groups in total. The van der Waals surface area contributed by atoms with Crippen molar-refractivity contribution in [3.8, 4) is 0 Å². The zero-order valence-corrected chi connectivity index (χ0v) is 8.80. The number of rotatable bonds is 2. The summed E-state index contributed by atoms with van der Waals surface area (Å²) in [7, 11) is 0. The van der Waals surface area contributed by atoms with Gasteiger partial charge in [-0.05, 0) is 19.1 Å². The summed E-state index contributed by atoms with van der Waals surface area (Å²) in [5.41, 5.74) is 2.29. The first-order valence-electron chi connectivity index (χ1n) is 4.63. The third-order valence-corrected chi connectivity index (χ3v) is 3.34. The van der Waals surface area contributed by atoms with E-state index < -0.39 is 5.97 Å². The van der Waals surface area contributed by atoms with Gasteiger partial charge >= 0.3 is 5.97 Å². The number of aromatic carboxylic acids is 1. The number of thioether (sulfide) groups is 1. The number of nitrogens with zero attached hydrogens (tertiary/aromatic N) is 2. The van der Waals surface area contributed by atoms with Crippen molar-refractivity contribution < 1.29 is 9.90 Å². The molecule has 0 spiro atoms. The Kier molecular flexibility index (Phi) is 2.50. The Morgan fingerprint density at radius 3 is 3.14 bits per heavy atom. The monoisotopic (exact) mass is 212 g/mol. The van der Waals surface area contributed by atoms with E-state index in [1.165, 1.54) is 0 Å². The van der Waals surface area contributed by atoms with Crippen molar-refractivity contribution in [3.05, 3.63) is 17.0 Å². The van der Waals surface area contributed by atoms with E-state index in [1.807, 2.05) is 18.7 Å². The summed E-state index contributed by atoms with van der Waals surface area (Å²) in [6.07, 6.45) is 0.835. The highest BCUT2D eigenvalue weighted by atomic mass is 32.2. The predicted octanol–water partition coefficient (Wildman–Crippen LogP) is 1.39. The number of aromatic nitrogens is 2. The van der Waals surface area contributed by atoms with Crippen LogP contribution < -0.4 is 0 Å². The molecule has 2 rings (SSSR count). The molecule has 1 aliphatic heterocycles. The average molecular weight is 212 g/mol. The lowest BCUT2D eigenvalue weighted by atomic mass is 10.1. The molecule has 0 saturated carbocycles. The molecule has 0 bridgehead atoms. The highest BCUT2D eigenvalue weighted by Crippen LogP contribution is 2.26. The Balaban J connectivity index is 2.53. The van der Waals surface area contributed by atoms with Crippen LogP contribution in [-0.2, 0) is 18.7 Å². The summed E-state index contributed by atoms with van der Waals surface area (Å²) in [5.74, 6) is 0.998. The van der Waals surface area contributed by atoms with Crippen molar-refractivity contribution in [1.29, 1.82) is 0 Å². The summed E-state index contributed by atoms with van der Waals surface area (Å²) in [6, 6.07) is 0. The predicted molar refractivity (Wildman–Crippen MR) is 54.7 cm³/mol. The van der Waals surface area contributed by atoms with Crippen molar-refractivity contribution >= 4 is 17.7 Å². The third kappa shape index (κ3) is 1.41. The van der Waals surface area contributed by atoms with Crippen LogP contribution >= 0.6 is 11.8 Å². The molecule has 1 aromatic rings. The van der Waals surface area contributed by atoms with Gasteiger partial charge in [0.1, 0.15) is 5.69 Å². The van der Waals surface area contributed by atoms with Crippen molar-refractivity contribution in [2.75, 3.05) is 5.75 Å². The lowest BCUT2D eigenvalue weighted by Crippen LogP contribution is -2.11. The molecule has 5 heteroatoms. The van der Waals surface area contributed by atoms with Gasteiger partial charge in [-0.3, -0.25) is 4.68 Å². The van der Waals surface area contributed by atoms with E-state index in [9.17, 15) is 4.79 Å². The van der Waals surface area contributed by atoms with Gasteiger partial charge in [0.05, 0.1) is 5.69 Å². The van der Waals surface area contributed by atoms with E-state index in [1.54, 1.807) is 4.68 Å². The highest BCUT2D eigenvalue weighted by Gasteiger charge is 2.24. The second-order valence-electron chi connectivity index (χ2n) is 3.20. The van der Waals surface area contributed by atoms with Crippen molar-refractivity contribution in [3.63, 3.8) is 0 Å². The van der Waals surface area contributed by atoms with Crippen LogP contribution in [0, 0.1) is 0 Å². The molecular weight excluding hydrogens is 200 g/mol. The molecule has 0 aliphatic carbocycles. The number of carboxylic acid groups (broad SMARTS) is 1. The van der Waals surface area contributed by atoms with E-state index >= 15 is 0 Å². The summed E-state index contributed by atoms with van der Waals surface area (Å²) in [6.45, 7) is 2.54. The van der Waals surface area contributed by atoms with E-state index in [4.69, 9.17) is 5.11 Å². The van der Waals surface area contributed by atoms with Gasteiger partial charge in [-0.1, -0.05) is 0 Å². The SMILES string of the molecule is CCn1nc2c(c1C(=O)O)CCSC2. The van der Waals surface area contributed by atoms with E-state index in [0.717, 1.165) is 29.2 Å². The van der Waals surface area contributed by atoms with Gasteiger partial charge in [-0.25, -0.2) is 4.79 Å². The van der Waals surface area contributed by atoms with Gasteiger partial charge in [0.15, 0.2) is 0 Å². The summed E-state index contributed by atoms with van der Waals surface area (Å²) < 4.78 is 1.60. The van der Waals surface area contributed by atoms with Crippen LogP contribution in [0.4, 0.5) is 0 Å². The van der Waals surface area contributed by atoms with Crippen LogP contribution in [0.15, 0.2) is 0 Å². The average Bonchev–Trinajstić information content (AvgIpc) is 2.55. The largest absolute Gasteiger partial charge is 0.477 e. The second-order valence-corrected chi connectivity index (χ2v) is 4.30. The smallest absolute Gasteiger partial charge is 0.354 e. The maximum atomic E-state index is 11.0. The number of aryl methyl sites for hydroxylation is 1. The fourth-order valence-electron chi connectivity index (χ4n) is 1.74. The van der Waals surface area contributed by atoms with Crippen LogP contribution in [0.1, 0.15) is 28.7 Å². The molecule has 0 aromatic carbocycles. The molecule has 0 saturated heterocycles. The summed E-state index contributed by atoms with van der Waals surface area (Å²) in [5, 5.41) is 13.4. The minimum atomic E-state index is -0.854. The van der Waals surface area contributed by atoms with Crippen LogP contribution in [0.3, 0.4) is 0 Å². The maximum absolute atomic E-state index is 11.0. The molecule has 4 nitrogen and oxygen atoms in total. The highest BCUT2D eigenvalue weighted by molar-refractivity contribution is 7.98. The summed E-state index contributed by atoms with van der Waals surface area (Å²) >= 11 is 1.81. The Labute approximate surface area is 86.3 Å². The van der Waals surface area contributed by atoms with E-state index in [0.29, 0.717) is 12.2 Å². The number of carbonyl (C=O) groups is 1. The molecule has 0 fully saturated rings. The Hall–Kier alpha value is -0.970.